The number of ether oxygens (including phenoxy) is 2. The minimum absolute atomic E-state index is 0.281. The summed E-state index contributed by atoms with van der Waals surface area (Å²) in [5.74, 6) is -1.07. The Bertz CT molecular complexity index is 346. The summed E-state index contributed by atoms with van der Waals surface area (Å²) in [4.78, 5) is 24.1. The molecule has 0 saturated heterocycles. The quantitative estimate of drug-likeness (QED) is 0.506. The second-order valence-electron chi connectivity index (χ2n) is 5.15. The molecular weight excluding hydrogens is 256 g/mol. The van der Waals surface area contributed by atoms with E-state index in [1.54, 1.807) is 0 Å². The van der Waals surface area contributed by atoms with Crippen LogP contribution in [-0.2, 0) is 19.1 Å². The fraction of sp³-hybridized carbons (Fsp3) is 0.750. The van der Waals surface area contributed by atoms with Crippen LogP contribution in [0.15, 0.2) is 11.6 Å². The van der Waals surface area contributed by atoms with Crippen LogP contribution in [0.4, 0.5) is 0 Å². The van der Waals surface area contributed by atoms with Crippen molar-refractivity contribution in [2.24, 2.45) is 5.92 Å². The monoisotopic (exact) mass is 282 g/mol. The molecule has 0 saturated carbocycles. The SMILES string of the molecule is CCCCOC(=O)C1=CCCCC1C(=O)OCCCC. The van der Waals surface area contributed by atoms with Crippen molar-refractivity contribution in [3.63, 3.8) is 0 Å². The number of carbonyl (C=O) groups excluding carboxylic acids is 2. The first kappa shape index (κ1) is 16.7. The molecule has 0 aromatic carbocycles. The van der Waals surface area contributed by atoms with Gasteiger partial charge in [0.15, 0.2) is 0 Å². The summed E-state index contributed by atoms with van der Waals surface area (Å²) >= 11 is 0. The molecule has 4 heteroatoms. The number of allylic oxidation sites excluding steroid dienone is 1. The largest absolute Gasteiger partial charge is 0.465 e. The normalized spacial score (nSPS) is 18.3. The molecule has 0 aliphatic heterocycles. The third-order valence-corrected chi connectivity index (χ3v) is 3.43. The molecule has 0 aromatic rings. The van der Waals surface area contributed by atoms with Crippen LogP contribution in [0.3, 0.4) is 0 Å². The van der Waals surface area contributed by atoms with E-state index in [4.69, 9.17) is 9.47 Å². The van der Waals surface area contributed by atoms with Gasteiger partial charge in [-0.2, -0.15) is 0 Å². The zero-order chi connectivity index (χ0) is 14.8. The zero-order valence-electron chi connectivity index (χ0n) is 12.7. The predicted molar refractivity (Wildman–Crippen MR) is 77.2 cm³/mol. The van der Waals surface area contributed by atoms with Crippen molar-refractivity contribution in [3.8, 4) is 0 Å². The first-order valence-corrected chi connectivity index (χ1v) is 7.74. The van der Waals surface area contributed by atoms with Gasteiger partial charge in [-0.3, -0.25) is 4.79 Å². The van der Waals surface area contributed by atoms with E-state index in [9.17, 15) is 9.59 Å². The molecule has 4 nitrogen and oxygen atoms in total. The van der Waals surface area contributed by atoms with Crippen molar-refractivity contribution in [1.29, 1.82) is 0 Å². The lowest BCUT2D eigenvalue weighted by Gasteiger charge is -2.21. The van der Waals surface area contributed by atoms with Gasteiger partial charge < -0.3 is 9.47 Å². The molecule has 1 rings (SSSR count). The molecule has 1 aliphatic carbocycles. The Hall–Kier alpha value is -1.32. The van der Waals surface area contributed by atoms with E-state index in [0.29, 0.717) is 25.2 Å². The van der Waals surface area contributed by atoms with Gasteiger partial charge in [0, 0.05) is 5.57 Å². The summed E-state index contributed by atoms with van der Waals surface area (Å²) in [5, 5.41) is 0. The fourth-order valence-corrected chi connectivity index (χ4v) is 2.16. The summed E-state index contributed by atoms with van der Waals surface area (Å²) in [6, 6.07) is 0. The lowest BCUT2D eigenvalue weighted by Crippen LogP contribution is -2.27. The maximum absolute atomic E-state index is 12.0. The van der Waals surface area contributed by atoms with Crippen molar-refractivity contribution < 1.29 is 19.1 Å². The second kappa shape index (κ2) is 9.56. The summed E-state index contributed by atoms with van der Waals surface area (Å²) in [6.45, 7) is 4.95. The third kappa shape index (κ3) is 5.35. The van der Waals surface area contributed by atoms with Gasteiger partial charge >= 0.3 is 11.9 Å². The molecule has 1 atom stereocenters. The topological polar surface area (TPSA) is 52.6 Å². The van der Waals surface area contributed by atoms with Crippen LogP contribution in [0.5, 0.6) is 0 Å². The lowest BCUT2D eigenvalue weighted by atomic mass is 9.87. The van der Waals surface area contributed by atoms with Crippen LogP contribution in [0.25, 0.3) is 0 Å². The molecular formula is C16H26O4. The Morgan fingerprint density at radius 2 is 1.80 bits per heavy atom. The Morgan fingerprint density at radius 1 is 1.15 bits per heavy atom. The maximum Gasteiger partial charge on any atom is 0.334 e. The summed E-state index contributed by atoms with van der Waals surface area (Å²) in [6.07, 6.45) is 7.94. The first-order valence-electron chi connectivity index (χ1n) is 7.74. The molecule has 0 amide bonds. The number of rotatable bonds is 8. The van der Waals surface area contributed by atoms with Gasteiger partial charge in [0.2, 0.25) is 0 Å². The highest BCUT2D eigenvalue weighted by atomic mass is 16.5. The number of esters is 2. The molecule has 0 spiro atoms. The number of hydrogen-bond acceptors (Lipinski definition) is 4. The van der Waals surface area contributed by atoms with Gasteiger partial charge in [0.25, 0.3) is 0 Å². The van der Waals surface area contributed by atoms with E-state index in [1.165, 1.54) is 0 Å². The van der Waals surface area contributed by atoms with Gasteiger partial charge in [-0.25, -0.2) is 4.79 Å². The molecule has 1 aliphatic rings. The summed E-state index contributed by atoms with van der Waals surface area (Å²) in [5.41, 5.74) is 0.494. The van der Waals surface area contributed by atoms with Crippen LogP contribution in [-0.4, -0.2) is 25.2 Å². The van der Waals surface area contributed by atoms with Crippen molar-refractivity contribution in [1.82, 2.24) is 0 Å². The number of unbranched alkanes of at least 4 members (excludes halogenated alkanes) is 2. The Morgan fingerprint density at radius 3 is 2.45 bits per heavy atom. The maximum atomic E-state index is 12.0. The highest BCUT2D eigenvalue weighted by molar-refractivity contribution is 5.95. The molecule has 0 aromatic heterocycles. The van der Waals surface area contributed by atoms with Gasteiger partial charge in [-0.15, -0.1) is 0 Å². The fourth-order valence-electron chi connectivity index (χ4n) is 2.16. The Labute approximate surface area is 121 Å². The van der Waals surface area contributed by atoms with E-state index in [-0.39, 0.29) is 11.9 Å². The molecule has 114 valence electrons. The standard InChI is InChI=1S/C16H26O4/c1-3-5-11-19-15(17)13-9-7-8-10-14(13)16(18)20-12-6-4-2/h9,14H,3-8,10-12H2,1-2H3. The second-order valence-corrected chi connectivity index (χ2v) is 5.15. The van der Waals surface area contributed by atoms with Crippen molar-refractivity contribution in [3.05, 3.63) is 11.6 Å². The Kier molecular flexibility index (Phi) is 8.00. The zero-order valence-corrected chi connectivity index (χ0v) is 12.7. The van der Waals surface area contributed by atoms with E-state index < -0.39 is 5.92 Å². The van der Waals surface area contributed by atoms with E-state index >= 15 is 0 Å². The minimum Gasteiger partial charge on any atom is -0.465 e. The number of carbonyl (C=O) groups is 2. The van der Waals surface area contributed by atoms with Crippen LogP contribution >= 0.6 is 0 Å². The molecule has 0 bridgehead atoms. The van der Waals surface area contributed by atoms with Gasteiger partial charge in [0.05, 0.1) is 19.1 Å². The van der Waals surface area contributed by atoms with E-state index in [1.807, 2.05) is 19.9 Å². The van der Waals surface area contributed by atoms with Crippen molar-refractivity contribution in [2.45, 2.75) is 58.8 Å². The summed E-state index contributed by atoms with van der Waals surface area (Å²) in [7, 11) is 0. The van der Waals surface area contributed by atoms with E-state index in [2.05, 4.69) is 0 Å². The average Bonchev–Trinajstić information content (AvgIpc) is 2.47. The van der Waals surface area contributed by atoms with Gasteiger partial charge in [0.1, 0.15) is 0 Å². The van der Waals surface area contributed by atoms with Crippen molar-refractivity contribution >= 4 is 11.9 Å². The van der Waals surface area contributed by atoms with Crippen LogP contribution in [0, 0.1) is 5.92 Å². The highest BCUT2D eigenvalue weighted by Gasteiger charge is 2.31. The van der Waals surface area contributed by atoms with E-state index in [0.717, 1.165) is 38.5 Å². The van der Waals surface area contributed by atoms with Crippen molar-refractivity contribution in [2.75, 3.05) is 13.2 Å². The van der Waals surface area contributed by atoms with Crippen LogP contribution in [0.2, 0.25) is 0 Å². The molecule has 0 radical (unpaired) electrons. The molecule has 20 heavy (non-hydrogen) atoms. The molecule has 0 heterocycles. The Balaban J connectivity index is 2.54. The summed E-state index contributed by atoms with van der Waals surface area (Å²) < 4.78 is 10.5. The van der Waals surface area contributed by atoms with Gasteiger partial charge in [-0.05, 0) is 32.1 Å². The van der Waals surface area contributed by atoms with Crippen LogP contribution < -0.4 is 0 Å². The average molecular weight is 282 g/mol. The minimum atomic E-state index is -0.435. The smallest absolute Gasteiger partial charge is 0.334 e. The molecule has 0 N–H and O–H groups in total. The van der Waals surface area contributed by atoms with Crippen LogP contribution in [0.1, 0.15) is 58.8 Å². The molecule has 0 fully saturated rings. The number of hydrogen-bond donors (Lipinski definition) is 0. The van der Waals surface area contributed by atoms with Gasteiger partial charge in [-0.1, -0.05) is 32.8 Å². The third-order valence-electron chi connectivity index (χ3n) is 3.43. The highest BCUT2D eigenvalue weighted by Crippen LogP contribution is 2.27. The lowest BCUT2D eigenvalue weighted by molar-refractivity contribution is -0.151. The first-order chi connectivity index (χ1) is 9.70. The predicted octanol–water partition coefficient (Wildman–Crippen LogP) is 3.40. The molecule has 1 unspecified atom stereocenters.